The van der Waals surface area contributed by atoms with Crippen molar-refractivity contribution in [2.75, 3.05) is 19.8 Å². The zero-order valence-electron chi connectivity index (χ0n) is 21.7. The van der Waals surface area contributed by atoms with E-state index in [0.29, 0.717) is 36.5 Å². The molecule has 8 nitrogen and oxygen atoms in total. The van der Waals surface area contributed by atoms with E-state index in [1.54, 1.807) is 19.1 Å². The van der Waals surface area contributed by atoms with Crippen molar-refractivity contribution in [3.05, 3.63) is 103 Å². The average Bonchev–Trinajstić information content (AvgIpc) is 2.95. The first-order chi connectivity index (χ1) is 18.8. The maximum absolute atomic E-state index is 12.5. The maximum atomic E-state index is 12.5. The zero-order valence-corrected chi connectivity index (χ0v) is 21.7. The van der Waals surface area contributed by atoms with Gasteiger partial charge >= 0.3 is 17.9 Å². The molecule has 0 atom stereocenters. The third-order valence-corrected chi connectivity index (χ3v) is 5.42. The molecule has 0 heterocycles. The smallest absolute Gasteiger partial charge is 0.343 e. The first kappa shape index (κ1) is 28.9. The average molecular weight is 531 g/mol. The van der Waals surface area contributed by atoms with Gasteiger partial charge in [-0.2, -0.15) is 0 Å². The van der Waals surface area contributed by atoms with Gasteiger partial charge in [-0.3, -0.25) is 0 Å². The monoisotopic (exact) mass is 530 g/mol. The van der Waals surface area contributed by atoms with E-state index in [-0.39, 0.29) is 17.8 Å². The molecule has 0 aromatic heterocycles. The van der Waals surface area contributed by atoms with Crippen molar-refractivity contribution in [2.24, 2.45) is 0 Å². The zero-order chi connectivity index (χ0) is 28.2. The minimum atomic E-state index is -0.588. The molecule has 3 aromatic rings. The van der Waals surface area contributed by atoms with Crippen molar-refractivity contribution >= 4 is 17.9 Å². The van der Waals surface area contributed by atoms with Gasteiger partial charge in [-0.1, -0.05) is 37.4 Å². The molecule has 39 heavy (non-hydrogen) atoms. The quantitative estimate of drug-likeness (QED) is 0.137. The molecule has 0 unspecified atom stereocenters. The van der Waals surface area contributed by atoms with Crippen LogP contribution in [0.2, 0.25) is 0 Å². The summed E-state index contributed by atoms with van der Waals surface area (Å²) < 4.78 is 21.3. The minimum absolute atomic E-state index is 0.0364. The molecule has 0 radical (unpaired) electrons. The van der Waals surface area contributed by atoms with E-state index in [1.165, 1.54) is 24.3 Å². The Morgan fingerprint density at radius 2 is 1.21 bits per heavy atom. The van der Waals surface area contributed by atoms with Crippen molar-refractivity contribution in [2.45, 2.75) is 19.8 Å². The molecule has 0 bridgehead atoms. The van der Waals surface area contributed by atoms with Gasteiger partial charge in [0.1, 0.15) is 17.2 Å². The van der Waals surface area contributed by atoms with Gasteiger partial charge in [0.05, 0.1) is 31.0 Å². The maximum Gasteiger partial charge on any atom is 0.343 e. The van der Waals surface area contributed by atoms with Crippen LogP contribution in [-0.4, -0.2) is 42.8 Å². The van der Waals surface area contributed by atoms with Gasteiger partial charge in [0.25, 0.3) is 0 Å². The Hall–Kier alpha value is -4.69. The van der Waals surface area contributed by atoms with Gasteiger partial charge < -0.3 is 24.1 Å². The lowest BCUT2D eigenvalue weighted by Crippen LogP contribution is -2.11. The summed E-state index contributed by atoms with van der Waals surface area (Å²) in [6.45, 7) is 8.80. The van der Waals surface area contributed by atoms with Crippen LogP contribution in [0.1, 0.15) is 30.1 Å². The second-order valence-electron chi connectivity index (χ2n) is 8.59. The summed E-state index contributed by atoms with van der Waals surface area (Å²) in [4.78, 5) is 35.5. The standard InChI is InChI=1S/C31H30O8/c1-21(2)29(33)38-27-16-10-25(11-17-27)31(35)39-28-14-8-24(9-15-28)23-6-12-26(13-7-23)36-18-4-5-19-37-30(34)22(3)20-32/h6-17,32H,1,3-5,18-20H2,2H3. The topological polar surface area (TPSA) is 108 Å². The molecule has 8 heteroatoms. The summed E-state index contributed by atoms with van der Waals surface area (Å²) >= 11 is 0. The number of hydrogen-bond acceptors (Lipinski definition) is 8. The molecular formula is C31H30O8. The Bertz CT molecular complexity index is 1310. The number of esters is 3. The summed E-state index contributed by atoms with van der Waals surface area (Å²) in [5.74, 6) is -0.230. The van der Waals surface area contributed by atoms with Crippen LogP contribution in [0, 0.1) is 0 Å². The lowest BCUT2D eigenvalue weighted by atomic mass is 10.1. The third kappa shape index (κ3) is 8.98. The van der Waals surface area contributed by atoms with E-state index in [2.05, 4.69) is 13.2 Å². The number of aliphatic hydroxyl groups excluding tert-OH is 1. The predicted octanol–water partition coefficient (Wildman–Crippen LogP) is 5.31. The van der Waals surface area contributed by atoms with E-state index < -0.39 is 24.5 Å². The highest BCUT2D eigenvalue weighted by Gasteiger charge is 2.11. The second kappa shape index (κ2) is 14.3. The molecule has 0 spiro atoms. The van der Waals surface area contributed by atoms with Crippen molar-refractivity contribution in [1.29, 1.82) is 0 Å². The van der Waals surface area contributed by atoms with Crippen molar-refractivity contribution < 1.29 is 38.4 Å². The molecule has 0 fully saturated rings. The number of carbonyl (C=O) groups excluding carboxylic acids is 3. The summed E-state index contributed by atoms with van der Waals surface area (Å²) in [5.41, 5.74) is 2.54. The molecule has 0 aliphatic carbocycles. The van der Waals surface area contributed by atoms with Crippen molar-refractivity contribution in [3.8, 4) is 28.4 Å². The Morgan fingerprint density at radius 3 is 1.77 bits per heavy atom. The summed E-state index contributed by atoms with van der Waals surface area (Å²) in [5, 5.41) is 8.83. The van der Waals surface area contributed by atoms with Crippen LogP contribution in [0.25, 0.3) is 11.1 Å². The van der Waals surface area contributed by atoms with E-state index >= 15 is 0 Å². The molecule has 3 aromatic carbocycles. The van der Waals surface area contributed by atoms with E-state index in [9.17, 15) is 14.4 Å². The lowest BCUT2D eigenvalue weighted by Gasteiger charge is -2.09. The van der Waals surface area contributed by atoms with Crippen molar-refractivity contribution in [1.82, 2.24) is 0 Å². The summed E-state index contributed by atoms with van der Waals surface area (Å²) in [7, 11) is 0. The lowest BCUT2D eigenvalue weighted by molar-refractivity contribution is -0.139. The molecule has 202 valence electrons. The van der Waals surface area contributed by atoms with Gasteiger partial charge in [-0.25, -0.2) is 14.4 Å². The second-order valence-corrected chi connectivity index (χ2v) is 8.59. The first-order valence-corrected chi connectivity index (χ1v) is 12.3. The molecule has 1 N–H and O–H groups in total. The highest BCUT2D eigenvalue weighted by Crippen LogP contribution is 2.25. The third-order valence-electron chi connectivity index (χ3n) is 5.42. The van der Waals surface area contributed by atoms with Crippen LogP contribution in [0.5, 0.6) is 17.2 Å². The number of benzene rings is 3. The molecule has 0 aliphatic rings. The van der Waals surface area contributed by atoms with Crippen LogP contribution in [0.15, 0.2) is 97.1 Å². The number of unbranched alkanes of at least 4 members (excludes halogenated alkanes) is 1. The first-order valence-electron chi connectivity index (χ1n) is 12.3. The van der Waals surface area contributed by atoms with Gasteiger partial charge in [-0.15, -0.1) is 0 Å². The molecule has 3 rings (SSSR count). The Balaban J connectivity index is 1.44. The SMILES string of the molecule is C=C(C)C(=O)Oc1ccc(C(=O)Oc2ccc(-c3ccc(OCCCCOC(=O)C(=C)CO)cc3)cc2)cc1. The van der Waals surface area contributed by atoms with Crippen LogP contribution in [-0.2, 0) is 14.3 Å². The largest absolute Gasteiger partial charge is 0.494 e. The Kier molecular flexibility index (Phi) is 10.6. The highest BCUT2D eigenvalue weighted by atomic mass is 16.5. The number of ether oxygens (including phenoxy) is 4. The molecule has 0 aliphatic heterocycles. The van der Waals surface area contributed by atoms with E-state index in [1.807, 2.05) is 36.4 Å². The van der Waals surface area contributed by atoms with Gasteiger partial charge in [0.2, 0.25) is 0 Å². The van der Waals surface area contributed by atoms with Crippen LogP contribution in [0.3, 0.4) is 0 Å². The fourth-order valence-corrected chi connectivity index (χ4v) is 3.20. The number of aliphatic hydroxyl groups is 1. The normalized spacial score (nSPS) is 10.3. The molecule has 0 saturated carbocycles. The fourth-order valence-electron chi connectivity index (χ4n) is 3.20. The molecular weight excluding hydrogens is 500 g/mol. The van der Waals surface area contributed by atoms with Gasteiger partial charge in [-0.05, 0) is 79.4 Å². The van der Waals surface area contributed by atoms with Crippen LogP contribution < -0.4 is 14.2 Å². The summed E-state index contributed by atoms with van der Waals surface area (Å²) in [6, 6.07) is 20.8. The van der Waals surface area contributed by atoms with Crippen LogP contribution in [0.4, 0.5) is 0 Å². The number of rotatable bonds is 13. The molecule has 0 saturated heterocycles. The van der Waals surface area contributed by atoms with E-state index in [4.69, 9.17) is 24.1 Å². The van der Waals surface area contributed by atoms with Gasteiger partial charge in [0.15, 0.2) is 0 Å². The Labute approximate surface area is 227 Å². The van der Waals surface area contributed by atoms with Gasteiger partial charge in [0, 0.05) is 5.57 Å². The fraction of sp³-hybridized carbons (Fsp3) is 0.194. The number of hydrogen-bond donors (Lipinski definition) is 1. The van der Waals surface area contributed by atoms with Crippen LogP contribution >= 0.6 is 0 Å². The predicted molar refractivity (Wildman–Crippen MR) is 146 cm³/mol. The number of carbonyl (C=O) groups is 3. The van der Waals surface area contributed by atoms with E-state index in [0.717, 1.165) is 16.9 Å². The minimum Gasteiger partial charge on any atom is -0.494 e. The molecule has 0 amide bonds. The highest BCUT2D eigenvalue weighted by molar-refractivity contribution is 5.92. The van der Waals surface area contributed by atoms with Crippen molar-refractivity contribution in [3.63, 3.8) is 0 Å². The summed E-state index contributed by atoms with van der Waals surface area (Å²) in [6.07, 6.45) is 1.34. The Morgan fingerprint density at radius 1 is 0.692 bits per heavy atom.